The predicted octanol–water partition coefficient (Wildman–Crippen LogP) is 1.82. The maximum Gasteiger partial charge on any atom is 0.322 e. The third kappa shape index (κ3) is 0.590. The summed E-state index contributed by atoms with van der Waals surface area (Å²) in [5.74, 6) is -0.768. The highest BCUT2D eigenvalue weighted by Gasteiger charge is 2.48. The van der Waals surface area contributed by atoms with Crippen molar-refractivity contribution in [3.63, 3.8) is 0 Å². The van der Waals surface area contributed by atoms with Crippen molar-refractivity contribution in [2.45, 2.75) is 6.42 Å². The summed E-state index contributed by atoms with van der Waals surface area (Å²) < 4.78 is 0. The molecule has 0 heterocycles. The molecule has 13 heavy (non-hydrogen) atoms. The molecule has 0 saturated carbocycles. The monoisotopic (exact) mass is 172 g/mol. The van der Waals surface area contributed by atoms with E-state index in [9.17, 15) is 9.90 Å². The first-order chi connectivity index (χ1) is 6.24. The Bertz CT molecular complexity index is 435. The van der Waals surface area contributed by atoms with Crippen LogP contribution in [0.4, 0.5) is 0 Å². The summed E-state index contributed by atoms with van der Waals surface area (Å²) >= 11 is 0. The minimum atomic E-state index is -0.822. The van der Waals surface area contributed by atoms with Crippen molar-refractivity contribution in [3.05, 3.63) is 47.1 Å². The van der Waals surface area contributed by atoms with Crippen molar-refractivity contribution in [3.8, 4) is 0 Å². The van der Waals surface area contributed by atoms with E-state index in [2.05, 4.69) is 0 Å². The molecule has 0 aromatic heterocycles. The summed E-state index contributed by atoms with van der Waals surface area (Å²) in [5.41, 5.74) is 2.57. The molecule has 0 aromatic rings. The summed E-state index contributed by atoms with van der Waals surface area (Å²) in [4.78, 5) is 11.2. The van der Waals surface area contributed by atoms with Gasteiger partial charge in [-0.05, 0) is 23.1 Å². The Balaban J connectivity index is 2.27. The van der Waals surface area contributed by atoms with Crippen molar-refractivity contribution in [1.82, 2.24) is 0 Å². The fraction of sp³-hybridized carbons (Fsp3) is 0.182. The molecular weight excluding hydrogens is 164 g/mol. The van der Waals surface area contributed by atoms with Gasteiger partial charge in [0, 0.05) is 0 Å². The Kier molecular flexibility index (Phi) is 0.978. The molecule has 0 spiro atoms. The molecule has 3 rings (SSSR count). The Labute approximate surface area is 75.6 Å². The maximum atomic E-state index is 11.2. The van der Waals surface area contributed by atoms with Gasteiger partial charge in [0.05, 0.1) is 0 Å². The van der Waals surface area contributed by atoms with Crippen molar-refractivity contribution in [1.29, 1.82) is 0 Å². The molecule has 0 saturated heterocycles. The summed E-state index contributed by atoms with van der Waals surface area (Å²) in [5, 5.41) is 9.17. The van der Waals surface area contributed by atoms with E-state index in [4.69, 9.17) is 0 Å². The molecule has 0 radical (unpaired) electrons. The van der Waals surface area contributed by atoms with Crippen LogP contribution in [0.15, 0.2) is 47.1 Å². The van der Waals surface area contributed by atoms with Crippen LogP contribution >= 0.6 is 0 Å². The van der Waals surface area contributed by atoms with Gasteiger partial charge in [0.1, 0.15) is 5.41 Å². The zero-order valence-electron chi connectivity index (χ0n) is 6.95. The SMILES string of the molecule is O=C(O)C12C=CC=C3CC(=C31)C=C2. The summed E-state index contributed by atoms with van der Waals surface area (Å²) in [6.07, 6.45) is 10.3. The van der Waals surface area contributed by atoms with E-state index in [0.717, 1.165) is 12.0 Å². The van der Waals surface area contributed by atoms with Crippen molar-refractivity contribution < 1.29 is 9.90 Å². The lowest BCUT2D eigenvalue weighted by molar-refractivity contribution is -0.141. The number of carboxylic acids is 1. The van der Waals surface area contributed by atoms with E-state index in [1.165, 1.54) is 11.1 Å². The van der Waals surface area contributed by atoms with Gasteiger partial charge in [-0.15, -0.1) is 0 Å². The van der Waals surface area contributed by atoms with E-state index in [-0.39, 0.29) is 0 Å². The molecule has 1 N–H and O–H groups in total. The van der Waals surface area contributed by atoms with Crippen LogP contribution in [0, 0.1) is 5.41 Å². The number of carbonyl (C=O) groups is 1. The topological polar surface area (TPSA) is 37.3 Å². The fourth-order valence-electron chi connectivity index (χ4n) is 2.32. The van der Waals surface area contributed by atoms with Gasteiger partial charge < -0.3 is 5.11 Å². The number of aliphatic carboxylic acids is 1. The van der Waals surface area contributed by atoms with Crippen LogP contribution in [0.25, 0.3) is 0 Å². The van der Waals surface area contributed by atoms with E-state index < -0.39 is 11.4 Å². The molecular formula is C11H8O2. The average Bonchev–Trinajstić information content (AvgIpc) is 2.39. The van der Waals surface area contributed by atoms with Gasteiger partial charge >= 0.3 is 5.97 Å². The molecule has 0 bridgehead atoms. The number of rotatable bonds is 1. The number of allylic oxidation sites excluding steroid dienone is 5. The first-order valence-electron chi connectivity index (χ1n) is 4.29. The number of hydrogen-bond donors (Lipinski definition) is 1. The van der Waals surface area contributed by atoms with Gasteiger partial charge in [0.25, 0.3) is 0 Å². The van der Waals surface area contributed by atoms with Crippen molar-refractivity contribution in [2.24, 2.45) is 5.41 Å². The smallest absolute Gasteiger partial charge is 0.322 e. The second kappa shape index (κ2) is 1.84. The van der Waals surface area contributed by atoms with Crippen LogP contribution in [0.1, 0.15) is 6.42 Å². The molecule has 2 heteroatoms. The molecule has 2 nitrogen and oxygen atoms in total. The first-order valence-corrected chi connectivity index (χ1v) is 4.29. The minimum Gasteiger partial charge on any atom is -0.480 e. The molecule has 1 unspecified atom stereocenters. The number of carboxylic acid groups (broad SMARTS) is 1. The lowest BCUT2D eigenvalue weighted by Gasteiger charge is -2.33. The average molecular weight is 172 g/mol. The van der Waals surface area contributed by atoms with Crippen molar-refractivity contribution in [2.75, 3.05) is 0 Å². The molecule has 3 aliphatic carbocycles. The zero-order chi connectivity index (χ0) is 9.05. The van der Waals surface area contributed by atoms with Crippen LogP contribution in [-0.2, 0) is 4.79 Å². The van der Waals surface area contributed by atoms with Gasteiger partial charge in [-0.2, -0.15) is 0 Å². The van der Waals surface area contributed by atoms with Gasteiger partial charge in [-0.25, -0.2) is 0 Å². The van der Waals surface area contributed by atoms with E-state index in [0.29, 0.717) is 0 Å². The summed E-state index contributed by atoms with van der Waals surface area (Å²) in [7, 11) is 0. The van der Waals surface area contributed by atoms with Crippen LogP contribution in [0.3, 0.4) is 0 Å². The lowest BCUT2D eigenvalue weighted by atomic mass is 9.68. The molecule has 0 amide bonds. The molecule has 0 aromatic carbocycles. The van der Waals surface area contributed by atoms with Crippen LogP contribution in [0.2, 0.25) is 0 Å². The van der Waals surface area contributed by atoms with E-state index in [1.807, 2.05) is 18.2 Å². The summed E-state index contributed by atoms with van der Waals surface area (Å²) in [6, 6.07) is 0. The highest BCUT2D eigenvalue weighted by atomic mass is 16.4. The van der Waals surface area contributed by atoms with E-state index in [1.54, 1.807) is 12.2 Å². The second-order valence-electron chi connectivity index (χ2n) is 3.64. The Morgan fingerprint density at radius 2 is 2.31 bits per heavy atom. The van der Waals surface area contributed by atoms with Gasteiger partial charge in [0.2, 0.25) is 0 Å². The lowest BCUT2D eigenvalue weighted by Crippen LogP contribution is -2.32. The second-order valence-corrected chi connectivity index (χ2v) is 3.64. The fourth-order valence-corrected chi connectivity index (χ4v) is 2.32. The van der Waals surface area contributed by atoms with Gasteiger partial charge in [0.15, 0.2) is 0 Å². The molecule has 0 aliphatic heterocycles. The van der Waals surface area contributed by atoms with Crippen molar-refractivity contribution >= 4 is 5.97 Å². The zero-order valence-corrected chi connectivity index (χ0v) is 6.95. The minimum absolute atomic E-state index is 0.768. The Morgan fingerprint density at radius 3 is 3.00 bits per heavy atom. The third-order valence-electron chi connectivity index (χ3n) is 2.99. The largest absolute Gasteiger partial charge is 0.480 e. The normalized spacial score (nSPS) is 32.8. The third-order valence-corrected chi connectivity index (χ3v) is 2.99. The molecule has 1 atom stereocenters. The van der Waals surface area contributed by atoms with Crippen LogP contribution < -0.4 is 0 Å². The maximum absolute atomic E-state index is 11.2. The van der Waals surface area contributed by atoms with Crippen LogP contribution in [-0.4, -0.2) is 11.1 Å². The quantitative estimate of drug-likeness (QED) is 0.655. The Hall–Kier alpha value is -1.57. The van der Waals surface area contributed by atoms with Gasteiger partial charge in [-0.1, -0.05) is 30.4 Å². The van der Waals surface area contributed by atoms with Crippen LogP contribution in [0.5, 0.6) is 0 Å². The summed E-state index contributed by atoms with van der Waals surface area (Å²) in [6.45, 7) is 0. The Morgan fingerprint density at radius 1 is 1.46 bits per heavy atom. The predicted molar refractivity (Wildman–Crippen MR) is 48.1 cm³/mol. The number of hydrogen-bond acceptors (Lipinski definition) is 1. The molecule has 3 aliphatic rings. The molecule has 0 fully saturated rings. The standard InChI is InChI=1S/C11H8O2/c12-10(13)11-4-1-2-7-6-8(3-5-11)9(7)11/h1-5H,6H2,(H,12,13). The molecule has 64 valence electrons. The first kappa shape index (κ1) is 6.89. The highest BCUT2D eigenvalue weighted by molar-refractivity contribution is 5.91. The highest BCUT2D eigenvalue weighted by Crippen LogP contribution is 2.54. The van der Waals surface area contributed by atoms with Gasteiger partial charge in [-0.3, -0.25) is 4.79 Å². The van der Waals surface area contributed by atoms with E-state index >= 15 is 0 Å².